The highest BCUT2D eigenvalue weighted by Gasteiger charge is 2.19. The SMILES string of the molecule is Cc1nc2ccc(Cl)cc2c(-c2ccccc2Cl)c1-c1ccnc(N)n1. The van der Waals surface area contributed by atoms with Gasteiger partial charge in [0.2, 0.25) is 5.95 Å². The fourth-order valence-electron chi connectivity index (χ4n) is 3.13. The standard InChI is InChI=1S/C20H14Cl2N4/c1-11-18(17-8-9-24-20(23)26-17)19(13-4-2-3-5-15(13)22)14-10-12(21)6-7-16(14)25-11/h2-10H,1H3,(H2,23,24,26). The molecular weight excluding hydrogens is 367 g/mol. The van der Waals surface area contributed by atoms with Crippen molar-refractivity contribution in [3.8, 4) is 22.4 Å². The van der Waals surface area contributed by atoms with Gasteiger partial charge in [-0.2, -0.15) is 0 Å². The maximum Gasteiger partial charge on any atom is 0.220 e. The number of aryl methyl sites for hydroxylation is 1. The Balaban J connectivity index is 2.19. The molecule has 0 bridgehead atoms. The van der Waals surface area contributed by atoms with Crippen LogP contribution in [0, 0.1) is 6.92 Å². The number of nitrogen functional groups attached to an aromatic ring is 1. The number of halogens is 2. The van der Waals surface area contributed by atoms with Gasteiger partial charge in [-0.3, -0.25) is 4.98 Å². The van der Waals surface area contributed by atoms with Crippen molar-refractivity contribution in [2.45, 2.75) is 6.92 Å². The van der Waals surface area contributed by atoms with Crippen molar-refractivity contribution in [3.63, 3.8) is 0 Å². The van der Waals surface area contributed by atoms with Crippen molar-refractivity contribution in [2.24, 2.45) is 0 Å². The van der Waals surface area contributed by atoms with E-state index >= 15 is 0 Å². The first-order valence-corrected chi connectivity index (χ1v) is 8.74. The zero-order valence-electron chi connectivity index (χ0n) is 13.9. The lowest BCUT2D eigenvalue weighted by molar-refractivity contribution is 1.17. The highest BCUT2D eigenvalue weighted by Crippen LogP contribution is 2.41. The molecule has 0 saturated carbocycles. The average Bonchev–Trinajstić information content (AvgIpc) is 2.62. The predicted octanol–water partition coefficient (Wildman–Crippen LogP) is 5.56. The molecule has 2 heterocycles. The smallest absolute Gasteiger partial charge is 0.220 e. The third-order valence-electron chi connectivity index (χ3n) is 4.20. The first-order chi connectivity index (χ1) is 12.5. The van der Waals surface area contributed by atoms with E-state index in [9.17, 15) is 0 Å². The summed E-state index contributed by atoms with van der Waals surface area (Å²) in [6, 6.07) is 15.1. The van der Waals surface area contributed by atoms with Crippen LogP contribution < -0.4 is 5.73 Å². The third-order valence-corrected chi connectivity index (χ3v) is 4.77. The Hall–Kier alpha value is -2.69. The monoisotopic (exact) mass is 380 g/mol. The van der Waals surface area contributed by atoms with Gasteiger partial charge in [0.15, 0.2) is 0 Å². The zero-order chi connectivity index (χ0) is 18.3. The van der Waals surface area contributed by atoms with Crippen molar-refractivity contribution < 1.29 is 0 Å². The van der Waals surface area contributed by atoms with Crippen LogP contribution in [0.1, 0.15) is 5.69 Å². The lowest BCUT2D eigenvalue weighted by Gasteiger charge is -2.17. The Bertz CT molecular complexity index is 1140. The highest BCUT2D eigenvalue weighted by atomic mass is 35.5. The molecule has 0 radical (unpaired) electrons. The molecule has 2 aromatic carbocycles. The van der Waals surface area contributed by atoms with Gasteiger partial charge in [0.1, 0.15) is 0 Å². The van der Waals surface area contributed by atoms with Crippen LogP contribution in [-0.4, -0.2) is 15.0 Å². The summed E-state index contributed by atoms with van der Waals surface area (Å²) in [6.45, 7) is 1.95. The molecule has 0 spiro atoms. The maximum absolute atomic E-state index is 6.53. The van der Waals surface area contributed by atoms with Gasteiger partial charge in [-0.1, -0.05) is 41.4 Å². The predicted molar refractivity (Wildman–Crippen MR) is 107 cm³/mol. The Morgan fingerprint density at radius 1 is 0.923 bits per heavy atom. The second-order valence-corrected chi connectivity index (χ2v) is 6.73. The fraction of sp³-hybridized carbons (Fsp3) is 0.0500. The molecule has 2 aromatic heterocycles. The molecule has 128 valence electrons. The van der Waals surface area contributed by atoms with Gasteiger partial charge in [0, 0.05) is 44.0 Å². The molecule has 2 N–H and O–H groups in total. The van der Waals surface area contributed by atoms with Gasteiger partial charge in [-0.25, -0.2) is 9.97 Å². The summed E-state index contributed by atoms with van der Waals surface area (Å²) in [4.78, 5) is 13.1. The van der Waals surface area contributed by atoms with Crippen LogP contribution in [0.4, 0.5) is 5.95 Å². The van der Waals surface area contributed by atoms with Gasteiger partial charge >= 0.3 is 0 Å². The molecule has 0 aliphatic heterocycles. The summed E-state index contributed by atoms with van der Waals surface area (Å²) < 4.78 is 0. The van der Waals surface area contributed by atoms with Crippen molar-refractivity contribution in [1.82, 2.24) is 15.0 Å². The van der Waals surface area contributed by atoms with E-state index in [2.05, 4.69) is 9.97 Å². The number of aromatic nitrogens is 3. The van der Waals surface area contributed by atoms with E-state index in [-0.39, 0.29) is 5.95 Å². The lowest BCUT2D eigenvalue weighted by atomic mass is 9.92. The summed E-state index contributed by atoms with van der Waals surface area (Å²) >= 11 is 12.8. The van der Waals surface area contributed by atoms with E-state index in [0.29, 0.717) is 15.7 Å². The normalized spacial score (nSPS) is 11.0. The first kappa shape index (κ1) is 16.8. The van der Waals surface area contributed by atoms with Crippen molar-refractivity contribution >= 4 is 40.1 Å². The fourth-order valence-corrected chi connectivity index (χ4v) is 3.53. The molecule has 4 rings (SSSR count). The average molecular weight is 381 g/mol. The minimum Gasteiger partial charge on any atom is -0.368 e. The van der Waals surface area contributed by atoms with Gasteiger partial charge in [-0.05, 0) is 37.3 Å². The van der Waals surface area contributed by atoms with E-state index in [1.54, 1.807) is 6.20 Å². The molecule has 26 heavy (non-hydrogen) atoms. The number of nitrogens with zero attached hydrogens (tertiary/aromatic N) is 3. The first-order valence-electron chi connectivity index (χ1n) is 7.98. The number of hydrogen-bond donors (Lipinski definition) is 1. The molecule has 0 aliphatic rings. The molecule has 6 heteroatoms. The molecule has 0 atom stereocenters. The van der Waals surface area contributed by atoms with Crippen LogP contribution in [-0.2, 0) is 0 Å². The highest BCUT2D eigenvalue weighted by molar-refractivity contribution is 6.34. The van der Waals surface area contributed by atoms with Crippen molar-refractivity contribution in [3.05, 3.63) is 70.5 Å². The Kier molecular flexibility index (Phi) is 4.23. The number of hydrogen-bond acceptors (Lipinski definition) is 4. The molecule has 4 aromatic rings. The molecule has 0 unspecified atom stereocenters. The molecule has 0 saturated heterocycles. The molecule has 0 aliphatic carbocycles. The minimum absolute atomic E-state index is 0.207. The second-order valence-electron chi connectivity index (χ2n) is 5.89. The Labute approximate surface area is 160 Å². The quantitative estimate of drug-likeness (QED) is 0.494. The van der Waals surface area contributed by atoms with Crippen LogP contribution >= 0.6 is 23.2 Å². The van der Waals surface area contributed by atoms with Crippen LogP contribution in [0.5, 0.6) is 0 Å². The van der Waals surface area contributed by atoms with Crippen molar-refractivity contribution in [1.29, 1.82) is 0 Å². The second kappa shape index (κ2) is 6.56. The number of anilines is 1. The van der Waals surface area contributed by atoms with Gasteiger partial charge < -0.3 is 5.73 Å². The molecule has 0 fully saturated rings. The van der Waals surface area contributed by atoms with E-state index in [1.165, 1.54) is 0 Å². The van der Waals surface area contributed by atoms with Gasteiger partial charge in [-0.15, -0.1) is 0 Å². The summed E-state index contributed by atoms with van der Waals surface area (Å²) in [6.07, 6.45) is 1.63. The van der Waals surface area contributed by atoms with E-state index in [4.69, 9.17) is 33.9 Å². The topological polar surface area (TPSA) is 64.7 Å². The van der Waals surface area contributed by atoms with Gasteiger partial charge in [0.25, 0.3) is 0 Å². The molecular formula is C20H14Cl2N4. The maximum atomic E-state index is 6.53. The largest absolute Gasteiger partial charge is 0.368 e. The minimum atomic E-state index is 0.207. The summed E-state index contributed by atoms with van der Waals surface area (Å²) in [5, 5.41) is 2.18. The summed E-state index contributed by atoms with van der Waals surface area (Å²) in [5.41, 5.74) is 10.9. The number of nitrogens with two attached hydrogens (primary N) is 1. The van der Waals surface area contributed by atoms with E-state index in [1.807, 2.05) is 55.5 Å². The summed E-state index contributed by atoms with van der Waals surface area (Å²) in [7, 11) is 0. The number of fused-ring (bicyclic) bond motifs is 1. The number of pyridine rings is 1. The number of rotatable bonds is 2. The number of benzene rings is 2. The molecule has 0 amide bonds. The Morgan fingerprint density at radius 3 is 2.50 bits per heavy atom. The van der Waals surface area contributed by atoms with Crippen LogP contribution in [0.15, 0.2) is 54.7 Å². The van der Waals surface area contributed by atoms with E-state index < -0.39 is 0 Å². The van der Waals surface area contributed by atoms with Crippen LogP contribution in [0.3, 0.4) is 0 Å². The van der Waals surface area contributed by atoms with Crippen LogP contribution in [0.2, 0.25) is 10.0 Å². The van der Waals surface area contributed by atoms with Crippen molar-refractivity contribution in [2.75, 3.05) is 5.73 Å². The van der Waals surface area contributed by atoms with Crippen LogP contribution in [0.25, 0.3) is 33.3 Å². The lowest BCUT2D eigenvalue weighted by Crippen LogP contribution is -2.00. The third kappa shape index (κ3) is 2.87. The van der Waals surface area contributed by atoms with Gasteiger partial charge in [0.05, 0.1) is 11.2 Å². The zero-order valence-corrected chi connectivity index (χ0v) is 15.4. The molecule has 4 nitrogen and oxygen atoms in total. The van der Waals surface area contributed by atoms with E-state index in [0.717, 1.165) is 33.3 Å². The summed E-state index contributed by atoms with van der Waals surface area (Å²) in [5.74, 6) is 0.207. The Morgan fingerprint density at radius 2 is 1.73 bits per heavy atom.